The zero-order chi connectivity index (χ0) is 13.5. The topological polar surface area (TPSA) is 37.0 Å². The molecule has 0 spiro atoms. The monoisotopic (exact) mass is 248 g/mol. The molecule has 0 saturated heterocycles. The molecule has 0 aliphatic rings. The van der Waals surface area contributed by atoms with Crippen LogP contribution in [0.2, 0.25) is 0 Å². The lowest BCUT2D eigenvalue weighted by atomic mass is 10.0. The average molecular weight is 248 g/mol. The van der Waals surface area contributed by atoms with Gasteiger partial charge in [0.2, 0.25) is 0 Å². The van der Waals surface area contributed by atoms with Gasteiger partial charge in [-0.25, -0.2) is 0 Å². The molecule has 0 saturated carbocycles. The second kappa shape index (κ2) is 7.07. The number of nitrogens with one attached hydrogen (secondary N) is 2. The summed E-state index contributed by atoms with van der Waals surface area (Å²) in [4.78, 5) is 3.27. The van der Waals surface area contributed by atoms with Crippen molar-refractivity contribution in [3.05, 3.63) is 29.5 Å². The van der Waals surface area contributed by atoms with E-state index >= 15 is 0 Å². The molecule has 2 rings (SSSR count). The van der Waals surface area contributed by atoms with E-state index < -0.39 is 0 Å². The minimum Gasteiger partial charge on any atom is -0.496 e. The molecule has 0 amide bonds. The van der Waals surface area contributed by atoms with Gasteiger partial charge in [-0.3, -0.25) is 0 Å². The number of hydrogen-bond donors (Lipinski definition) is 2. The highest BCUT2D eigenvalue weighted by Crippen LogP contribution is 2.30. The van der Waals surface area contributed by atoms with Crippen molar-refractivity contribution in [3.8, 4) is 5.75 Å². The summed E-state index contributed by atoms with van der Waals surface area (Å²) in [5.74, 6) is 0.963. The van der Waals surface area contributed by atoms with Crippen LogP contribution in [-0.2, 0) is 6.54 Å². The summed E-state index contributed by atoms with van der Waals surface area (Å²) >= 11 is 0. The number of aromatic amines is 1. The van der Waals surface area contributed by atoms with Crippen LogP contribution in [0.3, 0.4) is 0 Å². The van der Waals surface area contributed by atoms with Crippen molar-refractivity contribution in [2.75, 3.05) is 13.7 Å². The highest BCUT2D eigenvalue weighted by atomic mass is 16.5. The van der Waals surface area contributed by atoms with Crippen LogP contribution in [-0.4, -0.2) is 18.6 Å². The zero-order valence-electron chi connectivity index (χ0n) is 12.1. The third-order valence-corrected chi connectivity index (χ3v) is 2.88. The van der Waals surface area contributed by atoms with Crippen LogP contribution in [0.5, 0.6) is 5.75 Å². The SMILES string of the molecule is CC.CCNCc1c(OC)cc(C)c2[nH]ccc12. The van der Waals surface area contributed by atoms with Gasteiger partial charge >= 0.3 is 0 Å². The molecule has 0 aliphatic heterocycles. The van der Waals surface area contributed by atoms with Crippen molar-refractivity contribution in [2.45, 2.75) is 34.2 Å². The molecule has 1 aromatic carbocycles. The number of rotatable bonds is 4. The quantitative estimate of drug-likeness (QED) is 0.867. The molecular weight excluding hydrogens is 224 g/mol. The molecule has 0 radical (unpaired) electrons. The number of H-pyrrole nitrogens is 1. The van der Waals surface area contributed by atoms with E-state index in [2.05, 4.69) is 36.3 Å². The molecule has 0 atom stereocenters. The summed E-state index contributed by atoms with van der Waals surface area (Å²) in [6.07, 6.45) is 1.98. The number of aryl methyl sites for hydroxylation is 1. The Morgan fingerprint density at radius 2 is 2.06 bits per heavy atom. The van der Waals surface area contributed by atoms with E-state index in [1.54, 1.807) is 7.11 Å². The summed E-state index contributed by atoms with van der Waals surface area (Å²) < 4.78 is 5.45. The Kier molecular flexibility index (Phi) is 5.72. The Labute approximate surface area is 110 Å². The van der Waals surface area contributed by atoms with E-state index in [0.717, 1.165) is 18.8 Å². The van der Waals surface area contributed by atoms with E-state index in [1.165, 1.54) is 22.0 Å². The van der Waals surface area contributed by atoms with Crippen molar-refractivity contribution < 1.29 is 4.74 Å². The van der Waals surface area contributed by atoms with E-state index in [1.807, 2.05) is 20.0 Å². The molecule has 0 bridgehead atoms. The Bertz CT molecular complexity index is 488. The lowest BCUT2D eigenvalue weighted by Gasteiger charge is -2.12. The Morgan fingerprint density at radius 3 is 2.67 bits per heavy atom. The minimum absolute atomic E-state index is 0.842. The molecule has 100 valence electrons. The van der Waals surface area contributed by atoms with Gasteiger partial charge in [0.05, 0.1) is 7.11 Å². The standard InChI is InChI=1S/C13H18N2O.C2H6/c1-4-14-8-11-10-5-6-15-13(10)9(2)7-12(11)16-3;1-2/h5-7,14-15H,4,8H2,1-3H3;1-2H3. The van der Waals surface area contributed by atoms with Crippen LogP contribution in [0.25, 0.3) is 10.9 Å². The van der Waals surface area contributed by atoms with Gasteiger partial charge in [-0.05, 0) is 31.2 Å². The van der Waals surface area contributed by atoms with Crippen molar-refractivity contribution in [1.82, 2.24) is 10.3 Å². The number of benzene rings is 1. The fourth-order valence-corrected chi connectivity index (χ4v) is 2.05. The fraction of sp³-hybridized carbons (Fsp3) is 0.467. The van der Waals surface area contributed by atoms with E-state index in [-0.39, 0.29) is 0 Å². The lowest BCUT2D eigenvalue weighted by molar-refractivity contribution is 0.408. The second-order valence-corrected chi connectivity index (χ2v) is 3.92. The van der Waals surface area contributed by atoms with Crippen LogP contribution in [0, 0.1) is 6.92 Å². The van der Waals surface area contributed by atoms with Crippen molar-refractivity contribution in [3.63, 3.8) is 0 Å². The van der Waals surface area contributed by atoms with Gasteiger partial charge < -0.3 is 15.0 Å². The highest BCUT2D eigenvalue weighted by Gasteiger charge is 2.10. The highest BCUT2D eigenvalue weighted by molar-refractivity contribution is 5.88. The van der Waals surface area contributed by atoms with Gasteiger partial charge in [-0.15, -0.1) is 0 Å². The van der Waals surface area contributed by atoms with Gasteiger partial charge in [-0.1, -0.05) is 20.8 Å². The lowest BCUT2D eigenvalue weighted by Crippen LogP contribution is -2.13. The van der Waals surface area contributed by atoms with Gasteiger partial charge in [-0.2, -0.15) is 0 Å². The summed E-state index contributed by atoms with van der Waals surface area (Å²) in [6, 6.07) is 4.20. The number of methoxy groups -OCH3 is 1. The number of aromatic nitrogens is 1. The molecule has 2 aromatic rings. The van der Waals surface area contributed by atoms with Crippen molar-refractivity contribution >= 4 is 10.9 Å². The number of fused-ring (bicyclic) bond motifs is 1. The number of hydrogen-bond acceptors (Lipinski definition) is 2. The maximum absolute atomic E-state index is 5.45. The van der Waals surface area contributed by atoms with Gasteiger partial charge in [0.15, 0.2) is 0 Å². The first-order chi connectivity index (χ1) is 8.77. The normalized spacial score (nSPS) is 10.1. The molecule has 0 aliphatic carbocycles. The maximum Gasteiger partial charge on any atom is 0.124 e. The minimum atomic E-state index is 0.842. The molecule has 2 N–H and O–H groups in total. The first-order valence-corrected chi connectivity index (χ1v) is 6.62. The molecule has 0 unspecified atom stereocenters. The first kappa shape index (κ1) is 14.6. The van der Waals surface area contributed by atoms with Crippen LogP contribution < -0.4 is 10.1 Å². The predicted molar refractivity (Wildman–Crippen MR) is 78.3 cm³/mol. The Morgan fingerprint density at radius 1 is 1.33 bits per heavy atom. The van der Waals surface area contributed by atoms with Crippen LogP contribution in [0.4, 0.5) is 0 Å². The van der Waals surface area contributed by atoms with Crippen molar-refractivity contribution in [1.29, 1.82) is 0 Å². The summed E-state index contributed by atoms with van der Waals surface area (Å²) in [7, 11) is 1.72. The maximum atomic E-state index is 5.45. The van der Waals surface area contributed by atoms with Crippen LogP contribution >= 0.6 is 0 Å². The van der Waals surface area contributed by atoms with E-state index in [4.69, 9.17) is 4.74 Å². The number of ether oxygens (including phenoxy) is 1. The van der Waals surface area contributed by atoms with Crippen LogP contribution in [0.15, 0.2) is 18.3 Å². The fourth-order valence-electron chi connectivity index (χ4n) is 2.05. The van der Waals surface area contributed by atoms with Gasteiger partial charge in [0.25, 0.3) is 0 Å². The third-order valence-electron chi connectivity index (χ3n) is 2.88. The molecule has 3 nitrogen and oxygen atoms in total. The molecule has 3 heteroatoms. The summed E-state index contributed by atoms with van der Waals surface area (Å²) in [5, 5.41) is 4.59. The van der Waals surface area contributed by atoms with Crippen molar-refractivity contribution in [2.24, 2.45) is 0 Å². The molecular formula is C15H24N2O. The van der Waals surface area contributed by atoms with E-state index in [9.17, 15) is 0 Å². The Balaban J connectivity index is 0.000000771. The average Bonchev–Trinajstić information content (AvgIpc) is 2.89. The summed E-state index contributed by atoms with van der Waals surface area (Å²) in [6.45, 7) is 10.0. The van der Waals surface area contributed by atoms with Gasteiger partial charge in [0, 0.05) is 29.2 Å². The second-order valence-electron chi connectivity index (χ2n) is 3.92. The third kappa shape index (κ3) is 2.85. The zero-order valence-corrected chi connectivity index (χ0v) is 12.1. The predicted octanol–water partition coefficient (Wildman–Crippen LogP) is 3.62. The molecule has 1 aromatic heterocycles. The molecule has 0 fully saturated rings. The smallest absolute Gasteiger partial charge is 0.124 e. The Hall–Kier alpha value is -1.48. The van der Waals surface area contributed by atoms with Gasteiger partial charge in [0.1, 0.15) is 5.75 Å². The van der Waals surface area contributed by atoms with E-state index in [0.29, 0.717) is 0 Å². The molecule has 18 heavy (non-hydrogen) atoms. The van der Waals surface area contributed by atoms with Crippen LogP contribution in [0.1, 0.15) is 31.9 Å². The summed E-state index contributed by atoms with van der Waals surface area (Å²) in [5.41, 5.74) is 3.65. The largest absolute Gasteiger partial charge is 0.496 e. The first-order valence-electron chi connectivity index (χ1n) is 6.62. The molecule has 1 heterocycles.